The molecule has 0 bridgehead atoms. The lowest BCUT2D eigenvalue weighted by Gasteiger charge is -2.34. The number of nitrogens with zero attached hydrogens (tertiary/aromatic N) is 1. The molecule has 0 spiro atoms. The van der Waals surface area contributed by atoms with Gasteiger partial charge >= 0.3 is 0 Å². The zero-order valence-corrected chi connectivity index (χ0v) is 13.4. The summed E-state index contributed by atoms with van der Waals surface area (Å²) in [5.41, 5.74) is 2.91. The summed E-state index contributed by atoms with van der Waals surface area (Å²) < 4.78 is 0. The van der Waals surface area contributed by atoms with Crippen LogP contribution in [0.4, 0.5) is 0 Å². The molecule has 1 atom stereocenters. The molecule has 2 nitrogen and oxygen atoms in total. The highest BCUT2D eigenvalue weighted by atomic mass is 14.9. The molecule has 1 aromatic rings. The minimum absolute atomic E-state index is 0.528. The fourth-order valence-corrected chi connectivity index (χ4v) is 3.49. The van der Waals surface area contributed by atoms with E-state index in [9.17, 15) is 0 Å². The quantitative estimate of drug-likeness (QED) is 0.825. The predicted molar refractivity (Wildman–Crippen MR) is 85.8 cm³/mol. The van der Waals surface area contributed by atoms with Gasteiger partial charge in [-0.05, 0) is 61.3 Å². The molecule has 1 heterocycles. The Morgan fingerprint density at radius 2 is 2.00 bits per heavy atom. The summed E-state index contributed by atoms with van der Waals surface area (Å²) in [6.07, 6.45) is 11.8. The van der Waals surface area contributed by atoms with E-state index in [2.05, 4.69) is 43.3 Å². The SMILES string of the molecule is CCCNC(c1ccncc1CC)C1CCC(C)CC1. The summed E-state index contributed by atoms with van der Waals surface area (Å²) in [5.74, 6) is 1.71. The molecule has 0 aliphatic heterocycles. The zero-order valence-electron chi connectivity index (χ0n) is 13.4. The standard InChI is InChI=1S/C18H30N2/c1-4-11-20-18(16-8-6-14(3)7-9-16)17-10-12-19-13-15(17)5-2/h10,12-14,16,18,20H,4-9,11H2,1-3H3. The van der Waals surface area contributed by atoms with Crippen LogP contribution in [0, 0.1) is 11.8 Å². The van der Waals surface area contributed by atoms with Gasteiger partial charge in [0.25, 0.3) is 0 Å². The van der Waals surface area contributed by atoms with E-state index in [-0.39, 0.29) is 0 Å². The van der Waals surface area contributed by atoms with Gasteiger partial charge in [0.05, 0.1) is 0 Å². The monoisotopic (exact) mass is 274 g/mol. The Morgan fingerprint density at radius 3 is 2.65 bits per heavy atom. The van der Waals surface area contributed by atoms with Gasteiger partial charge in [-0.3, -0.25) is 4.98 Å². The Labute approximate surface area is 124 Å². The maximum atomic E-state index is 4.31. The van der Waals surface area contributed by atoms with Crippen LogP contribution in [-0.4, -0.2) is 11.5 Å². The average Bonchev–Trinajstić information content (AvgIpc) is 2.50. The van der Waals surface area contributed by atoms with Crippen LogP contribution in [0.2, 0.25) is 0 Å². The van der Waals surface area contributed by atoms with Crippen molar-refractivity contribution in [2.45, 2.75) is 65.3 Å². The molecule has 1 fully saturated rings. The van der Waals surface area contributed by atoms with Gasteiger partial charge in [0, 0.05) is 18.4 Å². The molecule has 112 valence electrons. The number of hydrogen-bond acceptors (Lipinski definition) is 2. The summed E-state index contributed by atoms with van der Waals surface area (Å²) in [6, 6.07) is 2.77. The topological polar surface area (TPSA) is 24.9 Å². The van der Waals surface area contributed by atoms with Gasteiger partial charge in [-0.25, -0.2) is 0 Å². The number of nitrogens with one attached hydrogen (secondary N) is 1. The van der Waals surface area contributed by atoms with Crippen molar-refractivity contribution in [2.75, 3.05) is 6.54 Å². The minimum Gasteiger partial charge on any atom is -0.310 e. The van der Waals surface area contributed by atoms with Gasteiger partial charge in [-0.2, -0.15) is 0 Å². The van der Waals surface area contributed by atoms with Crippen LogP contribution in [0.3, 0.4) is 0 Å². The van der Waals surface area contributed by atoms with Crippen LogP contribution < -0.4 is 5.32 Å². The first-order valence-electron chi connectivity index (χ1n) is 8.42. The largest absolute Gasteiger partial charge is 0.310 e. The molecule has 2 rings (SSSR count). The normalized spacial score (nSPS) is 24.6. The van der Waals surface area contributed by atoms with E-state index in [1.54, 1.807) is 0 Å². The van der Waals surface area contributed by atoms with E-state index in [1.807, 2.05) is 6.20 Å². The lowest BCUT2D eigenvalue weighted by Crippen LogP contribution is -2.32. The molecule has 0 radical (unpaired) electrons. The van der Waals surface area contributed by atoms with Crippen LogP contribution in [0.1, 0.15) is 70.0 Å². The van der Waals surface area contributed by atoms with Crippen molar-refractivity contribution in [1.82, 2.24) is 10.3 Å². The van der Waals surface area contributed by atoms with Crippen molar-refractivity contribution in [3.63, 3.8) is 0 Å². The smallest absolute Gasteiger partial charge is 0.0352 e. The van der Waals surface area contributed by atoms with Gasteiger partial charge in [0.2, 0.25) is 0 Å². The predicted octanol–water partition coefficient (Wildman–Crippen LogP) is 4.51. The Kier molecular flexibility index (Phi) is 6.03. The number of aromatic nitrogens is 1. The summed E-state index contributed by atoms with van der Waals surface area (Å²) >= 11 is 0. The van der Waals surface area contributed by atoms with Crippen LogP contribution >= 0.6 is 0 Å². The summed E-state index contributed by atoms with van der Waals surface area (Å²) in [5, 5.41) is 3.82. The van der Waals surface area contributed by atoms with Crippen LogP contribution in [0.5, 0.6) is 0 Å². The lowest BCUT2D eigenvalue weighted by atomic mass is 9.76. The van der Waals surface area contributed by atoms with Crippen molar-refractivity contribution < 1.29 is 0 Å². The van der Waals surface area contributed by atoms with Crippen LogP contribution in [0.15, 0.2) is 18.5 Å². The summed E-state index contributed by atoms with van der Waals surface area (Å²) in [6.45, 7) is 8.00. The average molecular weight is 274 g/mol. The molecule has 1 unspecified atom stereocenters. The third-order valence-electron chi connectivity index (χ3n) is 4.80. The van der Waals surface area contributed by atoms with Gasteiger partial charge in [-0.1, -0.05) is 33.6 Å². The van der Waals surface area contributed by atoms with E-state index < -0.39 is 0 Å². The molecule has 1 aromatic heterocycles. The molecule has 1 N–H and O–H groups in total. The van der Waals surface area contributed by atoms with Crippen molar-refractivity contribution >= 4 is 0 Å². The summed E-state index contributed by atoms with van der Waals surface area (Å²) in [4.78, 5) is 4.31. The fourth-order valence-electron chi connectivity index (χ4n) is 3.49. The molecule has 1 aliphatic rings. The lowest BCUT2D eigenvalue weighted by molar-refractivity contribution is 0.231. The van der Waals surface area contributed by atoms with E-state index in [0.29, 0.717) is 6.04 Å². The molecular formula is C18H30N2. The second-order valence-corrected chi connectivity index (χ2v) is 6.38. The van der Waals surface area contributed by atoms with Crippen LogP contribution in [-0.2, 0) is 6.42 Å². The Morgan fingerprint density at radius 1 is 1.25 bits per heavy atom. The molecule has 20 heavy (non-hydrogen) atoms. The second-order valence-electron chi connectivity index (χ2n) is 6.38. The highest BCUT2D eigenvalue weighted by Crippen LogP contribution is 2.37. The number of hydrogen-bond donors (Lipinski definition) is 1. The van der Waals surface area contributed by atoms with Gasteiger partial charge in [0.15, 0.2) is 0 Å². The number of aryl methyl sites for hydroxylation is 1. The van der Waals surface area contributed by atoms with Gasteiger partial charge in [0.1, 0.15) is 0 Å². The number of rotatable bonds is 6. The van der Waals surface area contributed by atoms with E-state index in [1.165, 1.54) is 43.2 Å². The molecule has 0 aromatic carbocycles. The molecule has 1 saturated carbocycles. The third kappa shape index (κ3) is 3.82. The second kappa shape index (κ2) is 7.78. The first-order valence-corrected chi connectivity index (χ1v) is 8.42. The summed E-state index contributed by atoms with van der Waals surface area (Å²) in [7, 11) is 0. The highest BCUT2D eigenvalue weighted by Gasteiger charge is 2.27. The van der Waals surface area contributed by atoms with E-state index >= 15 is 0 Å². The van der Waals surface area contributed by atoms with Gasteiger partial charge < -0.3 is 5.32 Å². The Balaban J connectivity index is 2.18. The zero-order chi connectivity index (χ0) is 14.4. The van der Waals surface area contributed by atoms with Crippen molar-refractivity contribution in [3.05, 3.63) is 29.6 Å². The van der Waals surface area contributed by atoms with Gasteiger partial charge in [-0.15, -0.1) is 0 Å². The Bertz CT molecular complexity index is 394. The molecule has 2 heteroatoms. The molecule has 0 amide bonds. The maximum absolute atomic E-state index is 4.31. The first kappa shape index (κ1) is 15.5. The third-order valence-corrected chi connectivity index (χ3v) is 4.80. The maximum Gasteiger partial charge on any atom is 0.0352 e. The molecule has 1 aliphatic carbocycles. The van der Waals surface area contributed by atoms with Crippen molar-refractivity contribution in [2.24, 2.45) is 11.8 Å². The van der Waals surface area contributed by atoms with Crippen LogP contribution in [0.25, 0.3) is 0 Å². The minimum atomic E-state index is 0.528. The Hall–Kier alpha value is -0.890. The van der Waals surface area contributed by atoms with Crippen molar-refractivity contribution in [3.8, 4) is 0 Å². The fraction of sp³-hybridized carbons (Fsp3) is 0.722. The first-order chi connectivity index (χ1) is 9.76. The van der Waals surface area contributed by atoms with Crippen molar-refractivity contribution in [1.29, 1.82) is 0 Å². The number of pyridine rings is 1. The highest BCUT2D eigenvalue weighted by molar-refractivity contribution is 5.27. The molecular weight excluding hydrogens is 244 g/mol. The van der Waals surface area contributed by atoms with E-state index in [4.69, 9.17) is 0 Å². The molecule has 0 saturated heterocycles. The van der Waals surface area contributed by atoms with E-state index in [0.717, 1.165) is 24.8 Å².